The topological polar surface area (TPSA) is 49.9 Å². The van der Waals surface area contributed by atoms with Crippen molar-refractivity contribution in [1.29, 1.82) is 0 Å². The minimum atomic E-state index is -0.120. The van der Waals surface area contributed by atoms with Crippen molar-refractivity contribution in [3.63, 3.8) is 0 Å². The maximum Gasteiger partial charge on any atom is 0.254 e. The van der Waals surface area contributed by atoms with E-state index in [9.17, 15) is 9.59 Å². The predicted octanol–water partition coefficient (Wildman–Crippen LogP) is 4.59. The van der Waals surface area contributed by atoms with E-state index >= 15 is 0 Å². The van der Waals surface area contributed by atoms with Crippen molar-refractivity contribution in [2.45, 2.75) is 32.0 Å². The molecule has 0 bridgehead atoms. The molecule has 1 heterocycles. The van der Waals surface area contributed by atoms with Crippen molar-refractivity contribution in [1.82, 2.24) is 9.80 Å². The normalized spacial score (nSPS) is 12.9. The van der Waals surface area contributed by atoms with Crippen molar-refractivity contribution in [2.24, 2.45) is 0 Å². The molecular weight excluding hydrogens is 408 g/mol. The quantitative estimate of drug-likeness (QED) is 0.495. The number of carbonyl (C=O) groups is 2. The zero-order chi connectivity index (χ0) is 21.6. The van der Waals surface area contributed by atoms with Gasteiger partial charge in [0.15, 0.2) is 0 Å². The summed E-state index contributed by atoms with van der Waals surface area (Å²) in [5, 5.41) is 2.02. The summed E-state index contributed by atoms with van der Waals surface area (Å²) in [7, 11) is 1.58. The van der Waals surface area contributed by atoms with Gasteiger partial charge < -0.3 is 14.5 Å². The number of hydrogen-bond donors (Lipinski definition) is 0. The molecular formula is C25H26N2O3S. The van der Waals surface area contributed by atoms with E-state index in [1.54, 1.807) is 41.5 Å². The summed E-state index contributed by atoms with van der Waals surface area (Å²) in [6.45, 7) is 1.14. The van der Waals surface area contributed by atoms with Crippen molar-refractivity contribution in [2.75, 3.05) is 13.7 Å². The molecule has 0 saturated heterocycles. The van der Waals surface area contributed by atoms with E-state index in [0.29, 0.717) is 24.4 Å². The number of methoxy groups -OCH3 is 1. The summed E-state index contributed by atoms with van der Waals surface area (Å²) in [5.41, 5.74) is 1.62. The Morgan fingerprint density at radius 2 is 1.81 bits per heavy atom. The fourth-order valence-corrected chi connectivity index (χ4v) is 4.27. The van der Waals surface area contributed by atoms with Crippen molar-refractivity contribution < 1.29 is 14.3 Å². The highest BCUT2D eigenvalue weighted by molar-refractivity contribution is 7.09. The van der Waals surface area contributed by atoms with Crippen LogP contribution in [-0.2, 0) is 17.9 Å². The Morgan fingerprint density at radius 1 is 1.00 bits per heavy atom. The lowest BCUT2D eigenvalue weighted by molar-refractivity contribution is -0.133. The summed E-state index contributed by atoms with van der Waals surface area (Å²) < 4.78 is 5.26. The van der Waals surface area contributed by atoms with Gasteiger partial charge in [-0.15, -0.1) is 11.3 Å². The van der Waals surface area contributed by atoms with Crippen molar-refractivity contribution in [3.05, 3.63) is 88.1 Å². The van der Waals surface area contributed by atoms with Gasteiger partial charge in [0, 0.05) is 23.0 Å². The zero-order valence-corrected chi connectivity index (χ0v) is 18.4. The summed E-state index contributed by atoms with van der Waals surface area (Å²) in [4.78, 5) is 31.3. The lowest BCUT2D eigenvalue weighted by Crippen LogP contribution is -2.43. The number of amides is 2. The number of thiophene rings is 1. The van der Waals surface area contributed by atoms with Gasteiger partial charge in [-0.3, -0.25) is 9.59 Å². The van der Waals surface area contributed by atoms with Gasteiger partial charge in [0.05, 0.1) is 13.7 Å². The van der Waals surface area contributed by atoms with Crippen LogP contribution in [0.3, 0.4) is 0 Å². The molecule has 0 radical (unpaired) electrons. The smallest absolute Gasteiger partial charge is 0.254 e. The van der Waals surface area contributed by atoms with Gasteiger partial charge in [-0.2, -0.15) is 0 Å². The number of hydrogen-bond acceptors (Lipinski definition) is 4. The molecule has 2 amide bonds. The Morgan fingerprint density at radius 3 is 2.48 bits per heavy atom. The summed E-state index contributed by atoms with van der Waals surface area (Å²) in [6, 6.07) is 21.3. The molecule has 1 fully saturated rings. The third-order valence-corrected chi connectivity index (χ3v) is 6.23. The maximum absolute atomic E-state index is 13.4. The SMILES string of the molecule is COc1cccc(C(=O)N(CC(=O)N(Cc2ccccc2)Cc2cccs2)C2CC2)c1. The molecule has 31 heavy (non-hydrogen) atoms. The third-order valence-electron chi connectivity index (χ3n) is 5.37. The van der Waals surface area contributed by atoms with Gasteiger partial charge in [-0.1, -0.05) is 42.5 Å². The summed E-state index contributed by atoms with van der Waals surface area (Å²) in [6.07, 6.45) is 1.87. The van der Waals surface area contributed by atoms with Gasteiger partial charge in [0.2, 0.25) is 5.91 Å². The molecule has 0 N–H and O–H groups in total. The third kappa shape index (κ3) is 5.52. The highest BCUT2D eigenvalue weighted by Crippen LogP contribution is 2.29. The maximum atomic E-state index is 13.4. The van der Waals surface area contributed by atoms with E-state index in [0.717, 1.165) is 23.3 Å². The van der Waals surface area contributed by atoms with Crippen molar-refractivity contribution >= 4 is 23.2 Å². The Balaban J connectivity index is 1.52. The van der Waals surface area contributed by atoms with Crippen LogP contribution in [0, 0.1) is 0 Å². The number of carbonyl (C=O) groups excluding carboxylic acids is 2. The summed E-state index contributed by atoms with van der Waals surface area (Å²) >= 11 is 1.64. The largest absolute Gasteiger partial charge is 0.497 e. The second kappa shape index (κ2) is 9.79. The lowest BCUT2D eigenvalue weighted by atomic mass is 10.1. The average molecular weight is 435 g/mol. The lowest BCUT2D eigenvalue weighted by Gasteiger charge is -2.28. The summed E-state index contributed by atoms with van der Waals surface area (Å²) in [5.74, 6) is 0.474. The van der Waals surface area contributed by atoms with Crippen LogP contribution in [0.25, 0.3) is 0 Å². The Bertz CT molecular complexity index is 1020. The zero-order valence-electron chi connectivity index (χ0n) is 17.6. The highest BCUT2D eigenvalue weighted by Gasteiger charge is 2.35. The number of benzene rings is 2. The first kappa shape index (κ1) is 21.1. The molecule has 0 aliphatic heterocycles. The number of ether oxygens (including phenoxy) is 1. The molecule has 1 aliphatic carbocycles. The Kier molecular flexibility index (Phi) is 6.67. The molecule has 3 aromatic rings. The van der Waals surface area contributed by atoms with Crippen LogP contribution in [-0.4, -0.2) is 41.3 Å². The number of rotatable bonds is 9. The van der Waals surface area contributed by atoms with E-state index in [1.165, 1.54) is 0 Å². The molecule has 0 atom stereocenters. The molecule has 1 saturated carbocycles. The Hall–Kier alpha value is -3.12. The second-order valence-electron chi connectivity index (χ2n) is 7.71. The van der Waals surface area contributed by atoms with Crippen LogP contribution < -0.4 is 4.74 Å². The van der Waals surface area contributed by atoms with E-state index in [2.05, 4.69) is 0 Å². The second-order valence-corrected chi connectivity index (χ2v) is 8.74. The molecule has 0 unspecified atom stereocenters. The highest BCUT2D eigenvalue weighted by atomic mass is 32.1. The minimum Gasteiger partial charge on any atom is -0.497 e. The number of nitrogens with zero attached hydrogens (tertiary/aromatic N) is 2. The molecule has 4 rings (SSSR count). The molecule has 160 valence electrons. The van der Waals surface area contributed by atoms with E-state index < -0.39 is 0 Å². The first-order chi connectivity index (χ1) is 15.1. The Labute approximate surface area is 186 Å². The molecule has 6 heteroatoms. The molecule has 2 aromatic carbocycles. The molecule has 1 aliphatic rings. The van der Waals surface area contributed by atoms with Gasteiger partial charge in [-0.05, 0) is 48.1 Å². The van der Waals surface area contributed by atoms with Crippen LogP contribution in [0.4, 0.5) is 0 Å². The molecule has 1 aromatic heterocycles. The van der Waals surface area contributed by atoms with Gasteiger partial charge >= 0.3 is 0 Å². The van der Waals surface area contributed by atoms with Crippen molar-refractivity contribution in [3.8, 4) is 5.75 Å². The predicted molar refractivity (Wildman–Crippen MR) is 122 cm³/mol. The standard InChI is InChI=1S/C25H26N2O3S/c1-30-22-10-5-9-20(15-22)25(29)27(21-12-13-21)18-24(28)26(17-23-11-6-14-31-23)16-19-7-3-2-4-8-19/h2-11,14-15,21H,12-13,16-18H2,1H3. The minimum absolute atomic E-state index is 0.0413. The van der Waals surface area contributed by atoms with Crippen LogP contribution >= 0.6 is 11.3 Å². The van der Waals surface area contributed by atoms with E-state index in [4.69, 9.17) is 4.74 Å². The molecule has 5 nitrogen and oxygen atoms in total. The fraction of sp³-hybridized carbons (Fsp3) is 0.280. The average Bonchev–Trinajstić information content (AvgIpc) is 3.52. The van der Waals surface area contributed by atoms with Gasteiger partial charge in [0.25, 0.3) is 5.91 Å². The monoisotopic (exact) mass is 434 g/mol. The first-order valence-corrected chi connectivity index (χ1v) is 11.3. The van der Waals surface area contributed by atoms with Gasteiger partial charge in [0.1, 0.15) is 12.3 Å². The van der Waals surface area contributed by atoms with Crippen LogP contribution in [0.2, 0.25) is 0 Å². The van der Waals surface area contributed by atoms with Crippen LogP contribution in [0.5, 0.6) is 5.75 Å². The fourth-order valence-electron chi connectivity index (χ4n) is 3.55. The van der Waals surface area contributed by atoms with E-state index in [-0.39, 0.29) is 24.4 Å². The van der Waals surface area contributed by atoms with Crippen LogP contribution in [0.1, 0.15) is 33.6 Å². The van der Waals surface area contributed by atoms with E-state index in [1.807, 2.05) is 58.8 Å². The van der Waals surface area contributed by atoms with Gasteiger partial charge in [-0.25, -0.2) is 0 Å². The molecule has 0 spiro atoms. The van der Waals surface area contributed by atoms with Crippen LogP contribution in [0.15, 0.2) is 72.1 Å². The first-order valence-electron chi connectivity index (χ1n) is 10.4.